The molecule has 1 aliphatic rings. The highest BCUT2D eigenvalue weighted by atomic mass is 16.2. The molecule has 0 spiro atoms. The summed E-state index contributed by atoms with van der Waals surface area (Å²) >= 11 is 0. The third-order valence-corrected chi connectivity index (χ3v) is 3.08. The number of piperazine rings is 1. The van der Waals surface area contributed by atoms with Crippen molar-refractivity contribution in [3.63, 3.8) is 0 Å². The standard InChI is InChI=1S/C12H23N3O2/c1-9(2)8-11(13)12(17)15-6-4-14(5-7-15)10(3)16/h9,11H,4-8,13H2,1-3H3/t11-/m1/s1. The Morgan fingerprint density at radius 2 is 1.59 bits per heavy atom. The van der Waals surface area contributed by atoms with E-state index in [0.29, 0.717) is 38.5 Å². The molecule has 1 saturated heterocycles. The van der Waals surface area contributed by atoms with Gasteiger partial charge in [-0.3, -0.25) is 9.59 Å². The predicted molar refractivity (Wildman–Crippen MR) is 66.3 cm³/mol. The maximum atomic E-state index is 12.0. The Labute approximate surface area is 103 Å². The topological polar surface area (TPSA) is 66.6 Å². The van der Waals surface area contributed by atoms with E-state index in [1.165, 1.54) is 0 Å². The number of hydrogen-bond donors (Lipinski definition) is 1. The Morgan fingerprint density at radius 3 is 2.00 bits per heavy atom. The van der Waals surface area contributed by atoms with Gasteiger partial charge in [0.2, 0.25) is 11.8 Å². The second-order valence-corrected chi connectivity index (χ2v) is 5.07. The minimum Gasteiger partial charge on any atom is -0.339 e. The van der Waals surface area contributed by atoms with Crippen LogP contribution in [-0.4, -0.2) is 53.8 Å². The van der Waals surface area contributed by atoms with Gasteiger partial charge in [-0.1, -0.05) is 13.8 Å². The zero-order chi connectivity index (χ0) is 13.0. The van der Waals surface area contributed by atoms with E-state index < -0.39 is 6.04 Å². The molecule has 0 saturated carbocycles. The van der Waals surface area contributed by atoms with Crippen LogP contribution in [0.1, 0.15) is 27.2 Å². The molecule has 5 heteroatoms. The molecule has 2 amide bonds. The van der Waals surface area contributed by atoms with Gasteiger partial charge in [-0.05, 0) is 12.3 Å². The van der Waals surface area contributed by atoms with E-state index in [1.807, 2.05) is 0 Å². The van der Waals surface area contributed by atoms with Gasteiger partial charge in [0.05, 0.1) is 6.04 Å². The second-order valence-electron chi connectivity index (χ2n) is 5.07. The van der Waals surface area contributed by atoms with Gasteiger partial charge in [-0.15, -0.1) is 0 Å². The Balaban J connectivity index is 2.43. The van der Waals surface area contributed by atoms with Gasteiger partial charge >= 0.3 is 0 Å². The molecule has 1 rings (SSSR count). The zero-order valence-electron chi connectivity index (χ0n) is 11.0. The molecule has 1 aliphatic heterocycles. The van der Waals surface area contributed by atoms with Crippen LogP contribution in [0.5, 0.6) is 0 Å². The maximum Gasteiger partial charge on any atom is 0.239 e. The largest absolute Gasteiger partial charge is 0.339 e. The summed E-state index contributed by atoms with van der Waals surface area (Å²) in [6.07, 6.45) is 0.714. The number of hydrogen-bond acceptors (Lipinski definition) is 3. The van der Waals surface area contributed by atoms with E-state index in [-0.39, 0.29) is 11.8 Å². The van der Waals surface area contributed by atoms with Crippen LogP contribution in [0, 0.1) is 5.92 Å². The monoisotopic (exact) mass is 241 g/mol. The first kappa shape index (κ1) is 14.0. The van der Waals surface area contributed by atoms with Crippen LogP contribution in [-0.2, 0) is 9.59 Å². The molecular formula is C12H23N3O2. The van der Waals surface area contributed by atoms with E-state index in [4.69, 9.17) is 5.73 Å². The van der Waals surface area contributed by atoms with Crippen molar-refractivity contribution in [1.29, 1.82) is 0 Å². The van der Waals surface area contributed by atoms with Crippen molar-refractivity contribution in [3.8, 4) is 0 Å². The Bertz CT molecular complexity index is 283. The Hall–Kier alpha value is -1.10. The number of amides is 2. The third-order valence-electron chi connectivity index (χ3n) is 3.08. The van der Waals surface area contributed by atoms with Gasteiger partial charge in [0.25, 0.3) is 0 Å². The minimum atomic E-state index is -0.404. The molecule has 1 fully saturated rings. The molecule has 1 atom stereocenters. The number of carbonyl (C=O) groups is 2. The van der Waals surface area contributed by atoms with E-state index in [1.54, 1.807) is 16.7 Å². The van der Waals surface area contributed by atoms with Gasteiger partial charge in [0.15, 0.2) is 0 Å². The summed E-state index contributed by atoms with van der Waals surface area (Å²) in [5, 5.41) is 0. The summed E-state index contributed by atoms with van der Waals surface area (Å²) in [6.45, 7) is 8.11. The lowest BCUT2D eigenvalue weighted by Gasteiger charge is -2.35. The fraction of sp³-hybridized carbons (Fsp3) is 0.833. The van der Waals surface area contributed by atoms with Crippen LogP contribution >= 0.6 is 0 Å². The molecule has 0 aromatic carbocycles. The number of nitrogens with zero attached hydrogens (tertiary/aromatic N) is 2. The van der Waals surface area contributed by atoms with E-state index >= 15 is 0 Å². The first-order valence-electron chi connectivity index (χ1n) is 6.21. The van der Waals surface area contributed by atoms with Crippen molar-refractivity contribution in [2.24, 2.45) is 11.7 Å². The maximum absolute atomic E-state index is 12.0. The van der Waals surface area contributed by atoms with E-state index in [9.17, 15) is 9.59 Å². The van der Waals surface area contributed by atoms with Crippen molar-refractivity contribution in [2.75, 3.05) is 26.2 Å². The van der Waals surface area contributed by atoms with Crippen LogP contribution in [0.3, 0.4) is 0 Å². The minimum absolute atomic E-state index is 0.0157. The van der Waals surface area contributed by atoms with Crippen molar-refractivity contribution < 1.29 is 9.59 Å². The van der Waals surface area contributed by atoms with E-state index in [2.05, 4.69) is 13.8 Å². The summed E-state index contributed by atoms with van der Waals surface area (Å²) in [7, 11) is 0. The molecule has 5 nitrogen and oxygen atoms in total. The van der Waals surface area contributed by atoms with Gasteiger partial charge in [0.1, 0.15) is 0 Å². The molecule has 0 unspecified atom stereocenters. The summed E-state index contributed by atoms with van der Waals surface area (Å²) in [5.74, 6) is 0.512. The summed E-state index contributed by atoms with van der Waals surface area (Å²) in [5.41, 5.74) is 5.87. The SMILES string of the molecule is CC(=O)N1CCN(C(=O)[C@H](N)CC(C)C)CC1. The van der Waals surface area contributed by atoms with Crippen LogP contribution in [0.15, 0.2) is 0 Å². The summed E-state index contributed by atoms with van der Waals surface area (Å²) in [6, 6.07) is -0.404. The molecule has 98 valence electrons. The normalized spacial score (nSPS) is 18.4. The van der Waals surface area contributed by atoms with Crippen molar-refractivity contribution >= 4 is 11.8 Å². The smallest absolute Gasteiger partial charge is 0.239 e. The van der Waals surface area contributed by atoms with Gasteiger partial charge in [-0.25, -0.2) is 0 Å². The lowest BCUT2D eigenvalue weighted by atomic mass is 10.0. The molecule has 1 heterocycles. The quantitative estimate of drug-likeness (QED) is 0.759. The second kappa shape index (κ2) is 6.00. The van der Waals surface area contributed by atoms with Gasteiger partial charge in [-0.2, -0.15) is 0 Å². The van der Waals surface area contributed by atoms with Gasteiger partial charge in [0, 0.05) is 33.1 Å². The lowest BCUT2D eigenvalue weighted by molar-refractivity contribution is -0.139. The van der Waals surface area contributed by atoms with Crippen LogP contribution in [0.25, 0.3) is 0 Å². The molecule has 0 aliphatic carbocycles. The highest BCUT2D eigenvalue weighted by Gasteiger charge is 2.26. The molecule has 17 heavy (non-hydrogen) atoms. The summed E-state index contributed by atoms with van der Waals surface area (Å²) < 4.78 is 0. The average Bonchev–Trinajstić information content (AvgIpc) is 2.27. The van der Waals surface area contributed by atoms with Gasteiger partial charge < -0.3 is 15.5 Å². The third kappa shape index (κ3) is 4.00. The fourth-order valence-corrected chi connectivity index (χ4v) is 2.08. The Kier molecular flexibility index (Phi) is 4.93. The molecule has 2 N–H and O–H groups in total. The molecule has 0 aromatic rings. The predicted octanol–water partition coefficient (Wildman–Crippen LogP) is 0.0505. The lowest BCUT2D eigenvalue weighted by Crippen LogP contribution is -2.54. The highest BCUT2D eigenvalue weighted by Crippen LogP contribution is 2.08. The van der Waals surface area contributed by atoms with E-state index in [0.717, 1.165) is 0 Å². The molecular weight excluding hydrogens is 218 g/mol. The average molecular weight is 241 g/mol. The molecule has 0 bridgehead atoms. The van der Waals surface area contributed by atoms with Crippen molar-refractivity contribution in [1.82, 2.24) is 9.80 Å². The number of nitrogens with two attached hydrogens (primary N) is 1. The first-order chi connectivity index (χ1) is 7.91. The number of rotatable bonds is 3. The first-order valence-corrected chi connectivity index (χ1v) is 6.21. The summed E-state index contributed by atoms with van der Waals surface area (Å²) in [4.78, 5) is 26.7. The Morgan fingerprint density at radius 1 is 1.12 bits per heavy atom. The molecule has 0 radical (unpaired) electrons. The fourth-order valence-electron chi connectivity index (χ4n) is 2.08. The van der Waals surface area contributed by atoms with Crippen molar-refractivity contribution in [2.45, 2.75) is 33.2 Å². The zero-order valence-corrected chi connectivity index (χ0v) is 11.0. The number of carbonyl (C=O) groups excluding carboxylic acids is 2. The van der Waals surface area contributed by atoms with Crippen LogP contribution in [0.4, 0.5) is 0 Å². The van der Waals surface area contributed by atoms with Crippen LogP contribution < -0.4 is 5.73 Å². The van der Waals surface area contributed by atoms with Crippen LogP contribution in [0.2, 0.25) is 0 Å². The van der Waals surface area contributed by atoms with Crippen molar-refractivity contribution in [3.05, 3.63) is 0 Å². The highest BCUT2D eigenvalue weighted by molar-refractivity contribution is 5.82. The molecule has 0 aromatic heterocycles.